The fraction of sp³-hybridized carbons (Fsp3) is 0.250. The number of sulfone groups is 1. The van der Waals surface area contributed by atoms with Gasteiger partial charge in [-0.25, -0.2) is 8.42 Å². The number of hydrogen-bond acceptors (Lipinski definition) is 4. The molecule has 0 saturated carbocycles. The van der Waals surface area contributed by atoms with Gasteiger partial charge in [0, 0.05) is 6.54 Å². The van der Waals surface area contributed by atoms with Crippen molar-refractivity contribution >= 4 is 9.84 Å². The smallest absolute Gasteiger partial charge is 0.206 e. The minimum absolute atomic E-state index is 0.0907. The number of nitrogens with two attached hydrogens (primary N) is 1. The first-order chi connectivity index (χ1) is 6.09. The Hall–Kier alpha value is -0.910. The van der Waals surface area contributed by atoms with Crippen LogP contribution in [0.25, 0.3) is 0 Å². The van der Waals surface area contributed by atoms with Crippen molar-refractivity contribution in [3.8, 4) is 0 Å². The van der Waals surface area contributed by atoms with Crippen molar-refractivity contribution in [2.45, 2.75) is 10.3 Å². The van der Waals surface area contributed by atoms with Crippen molar-refractivity contribution in [1.82, 2.24) is 0 Å². The Morgan fingerprint density at radius 3 is 2.31 bits per heavy atom. The first-order valence-electron chi connectivity index (χ1n) is 3.76. The van der Waals surface area contributed by atoms with E-state index in [0.29, 0.717) is 0 Å². The summed E-state index contributed by atoms with van der Waals surface area (Å²) in [6, 6.07) is 7.74. The van der Waals surface area contributed by atoms with E-state index in [1.54, 1.807) is 18.2 Å². The standard InChI is InChI=1S/C8H11NO3S/c9-6-8(10)13(11,12)7-4-2-1-3-5-7/h1-5,8,10H,6,9H2. The Balaban J connectivity index is 3.09. The van der Waals surface area contributed by atoms with Gasteiger partial charge in [0.25, 0.3) is 0 Å². The Kier molecular flexibility index (Phi) is 3.02. The lowest BCUT2D eigenvalue weighted by Gasteiger charge is -2.08. The maximum Gasteiger partial charge on any atom is 0.206 e. The molecule has 0 aromatic heterocycles. The highest BCUT2D eigenvalue weighted by Gasteiger charge is 2.22. The third-order valence-electron chi connectivity index (χ3n) is 1.63. The molecule has 0 aliphatic rings. The third-order valence-corrected chi connectivity index (χ3v) is 3.47. The molecular formula is C8H11NO3S. The monoisotopic (exact) mass is 201 g/mol. The van der Waals surface area contributed by atoms with Gasteiger partial charge >= 0.3 is 0 Å². The Bertz CT molecular complexity index is 360. The van der Waals surface area contributed by atoms with Gasteiger partial charge in [-0.1, -0.05) is 18.2 Å². The van der Waals surface area contributed by atoms with Gasteiger partial charge in [-0.15, -0.1) is 0 Å². The maximum absolute atomic E-state index is 11.4. The molecule has 0 fully saturated rings. The normalized spacial score (nSPS) is 14.0. The third kappa shape index (κ3) is 2.06. The van der Waals surface area contributed by atoms with Crippen LogP contribution in [-0.4, -0.2) is 25.5 Å². The molecular weight excluding hydrogens is 190 g/mol. The first-order valence-corrected chi connectivity index (χ1v) is 5.30. The lowest BCUT2D eigenvalue weighted by molar-refractivity contribution is 0.256. The molecule has 0 aliphatic carbocycles. The number of aliphatic hydroxyl groups is 1. The zero-order chi connectivity index (χ0) is 9.90. The van der Waals surface area contributed by atoms with Crippen LogP contribution in [0.1, 0.15) is 0 Å². The van der Waals surface area contributed by atoms with Gasteiger partial charge in [0.05, 0.1) is 4.90 Å². The van der Waals surface area contributed by atoms with E-state index in [1.807, 2.05) is 0 Å². The molecule has 1 rings (SSSR count). The summed E-state index contributed by atoms with van der Waals surface area (Å²) in [6.45, 7) is -0.294. The molecule has 4 nitrogen and oxygen atoms in total. The van der Waals surface area contributed by atoms with Gasteiger partial charge in [0.15, 0.2) is 5.44 Å². The first kappa shape index (κ1) is 10.2. The van der Waals surface area contributed by atoms with Gasteiger partial charge < -0.3 is 10.8 Å². The van der Waals surface area contributed by atoms with E-state index in [-0.39, 0.29) is 11.4 Å². The summed E-state index contributed by atoms with van der Waals surface area (Å²) in [5.74, 6) is 0. The van der Waals surface area contributed by atoms with Crippen molar-refractivity contribution < 1.29 is 13.5 Å². The van der Waals surface area contributed by atoms with Crippen LogP contribution in [0, 0.1) is 0 Å². The molecule has 0 bridgehead atoms. The van der Waals surface area contributed by atoms with Crippen molar-refractivity contribution in [3.05, 3.63) is 30.3 Å². The SMILES string of the molecule is NCC(O)S(=O)(=O)c1ccccc1. The molecule has 1 aromatic carbocycles. The molecule has 0 heterocycles. The molecule has 13 heavy (non-hydrogen) atoms. The molecule has 0 aliphatic heterocycles. The van der Waals surface area contributed by atoms with Crippen LogP contribution in [0.15, 0.2) is 35.2 Å². The van der Waals surface area contributed by atoms with E-state index in [1.165, 1.54) is 12.1 Å². The van der Waals surface area contributed by atoms with Gasteiger partial charge in [-0.2, -0.15) is 0 Å². The second kappa shape index (κ2) is 3.87. The quantitative estimate of drug-likeness (QED) is 0.706. The lowest BCUT2D eigenvalue weighted by Crippen LogP contribution is -2.29. The highest BCUT2D eigenvalue weighted by Crippen LogP contribution is 2.12. The Morgan fingerprint density at radius 2 is 1.85 bits per heavy atom. The molecule has 5 heteroatoms. The number of benzene rings is 1. The second-order valence-corrected chi connectivity index (χ2v) is 4.65. The van der Waals surface area contributed by atoms with E-state index in [9.17, 15) is 8.42 Å². The van der Waals surface area contributed by atoms with Crippen LogP contribution in [-0.2, 0) is 9.84 Å². The fourth-order valence-electron chi connectivity index (χ4n) is 0.894. The van der Waals surface area contributed by atoms with Crippen LogP contribution in [0.4, 0.5) is 0 Å². The fourth-order valence-corrected chi connectivity index (χ4v) is 2.00. The summed E-state index contributed by atoms with van der Waals surface area (Å²) in [4.78, 5) is 0.0907. The van der Waals surface area contributed by atoms with Gasteiger partial charge in [0.2, 0.25) is 9.84 Å². The highest BCUT2D eigenvalue weighted by molar-refractivity contribution is 7.91. The summed E-state index contributed by atoms with van der Waals surface area (Å²) in [6.07, 6.45) is 0. The van der Waals surface area contributed by atoms with Crippen LogP contribution in [0.5, 0.6) is 0 Å². The Morgan fingerprint density at radius 1 is 1.31 bits per heavy atom. The van der Waals surface area contributed by atoms with Gasteiger partial charge in [-0.3, -0.25) is 0 Å². The van der Waals surface area contributed by atoms with Crippen molar-refractivity contribution in [2.75, 3.05) is 6.54 Å². The van der Waals surface area contributed by atoms with E-state index >= 15 is 0 Å². The summed E-state index contributed by atoms with van der Waals surface area (Å²) >= 11 is 0. The van der Waals surface area contributed by atoms with E-state index in [4.69, 9.17) is 10.8 Å². The van der Waals surface area contributed by atoms with Crippen molar-refractivity contribution in [2.24, 2.45) is 5.73 Å². The topological polar surface area (TPSA) is 80.4 Å². The summed E-state index contributed by atoms with van der Waals surface area (Å²) in [5, 5.41) is 9.13. The van der Waals surface area contributed by atoms with E-state index < -0.39 is 15.3 Å². The largest absolute Gasteiger partial charge is 0.376 e. The zero-order valence-corrected chi connectivity index (χ0v) is 7.74. The molecule has 0 radical (unpaired) electrons. The van der Waals surface area contributed by atoms with Gasteiger partial charge in [0.1, 0.15) is 0 Å². The number of rotatable bonds is 3. The molecule has 1 atom stereocenters. The summed E-state index contributed by atoms with van der Waals surface area (Å²) in [7, 11) is -3.66. The molecule has 1 aromatic rings. The van der Waals surface area contributed by atoms with Crippen LogP contribution >= 0.6 is 0 Å². The molecule has 0 saturated heterocycles. The summed E-state index contributed by atoms with van der Waals surface area (Å²) < 4.78 is 22.9. The number of hydrogen-bond donors (Lipinski definition) is 2. The molecule has 0 amide bonds. The Labute approximate surface area is 76.9 Å². The summed E-state index contributed by atoms with van der Waals surface area (Å²) in [5.41, 5.74) is 3.55. The predicted molar refractivity (Wildman–Crippen MR) is 48.7 cm³/mol. The average Bonchev–Trinajstić information content (AvgIpc) is 2.18. The van der Waals surface area contributed by atoms with E-state index in [0.717, 1.165) is 0 Å². The maximum atomic E-state index is 11.4. The molecule has 3 N–H and O–H groups in total. The second-order valence-electron chi connectivity index (χ2n) is 2.55. The lowest BCUT2D eigenvalue weighted by atomic mass is 10.4. The molecule has 72 valence electrons. The minimum atomic E-state index is -3.66. The van der Waals surface area contributed by atoms with Crippen LogP contribution in [0.2, 0.25) is 0 Å². The van der Waals surface area contributed by atoms with Gasteiger partial charge in [-0.05, 0) is 12.1 Å². The average molecular weight is 201 g/mol. The van der Waals surface area contributed by atoms with E-state index in [2.05, 4.69) is 0 Å². The zero-order valence-electron chi connectivity index (χ0n) is 6.92. The van der Waals surface area contributed by atoms with Crippen molar-refractivity contribution in [3.63, 3.8) is 0 Å². The van der Waals surface area contributed by atoms with Crippen molar-refractivity contribution in [1.29, 1.82) is 0 Å². The molecule has 0 spiro atoms. The number of aliphatic hydroxyl groups excluding tert-OH is 1. The van der Waals surface area contributed by atoms with Crippen LogP contribution < -0.4 is 5.73 Å². The molecule has 1 unspecified atom stereocenters. The minimum Gasteiger partial charge on any atom is -0.376 e. The van der Waals surface area contributed by atoms with Crippen LogP contribution in [0.3, 0.4) is 0 Å². The highest BCUT2D eigenvalue weighted by atomic mass is 32.2. The predicted octanol–water partition coefficient (Wildman–Crippen LogP) is -0.263.